The molecule has 0 bridgehead atoms. The first-order valence-electron chi connectivity index (χ1n) is 4.11. The van der Waals surface area contributed by atoms with Gasteiger partial charge in [0.15, 0.2) is 0 Å². The fourth-order valence-electron chi connectivity index (χ4n) is 0.915. The fraction of sp³-hybridized carbons (Fsp3) is 0.857. The molecule has 0 spiro atoms. The van der Waals surface area contributed by atoms with Crippen molar-refractivity contribution in [3.63, 3.8) is 0 Å². The van der Waals surface area contributed by atoms with Gasteiger partial charge >= 0.3 is 12.3 Å². The van der Waals surface area contributed by atoms with Crippen LogP contribution in [0.4, 0.5) is 17.6 Å². The van der Waals surface area contributed by atoms with E-state index in [-0.39, 0.29) is 0 Å². The number of halogens is 4. The standard InChI is InChI=1S/C7H11F4NO3S/c1-4(3-16(2,14)15)12-6(13)7(10,11)5(8)9/h4-5H,3H2,1-2H3,(H,12,13). The van der Waals surface area contributed by atoms with Crippen molar-refractivity contribution < 1.29 is 30.8 Å². The summed E-state index contributed by atoms with van der Waals surface area (Å²) in [6.45, 7) is 1.13. The number of sulfone groups is 1. The molecule has 0 rings (SSSR count). The number of carbonyl (C=O) groups is 1. The SMILES string of the molecule is CC(CS(C)(=O)=O)NC(=O)C(F)(F)C(F)F. The first kappa shape index (κ1) is 15.1. The van der Waals surface area contributed by atoms with E-state index < -0.39 is 39.9 Å². The van der Waals surface area contributed by atoms with E-state index in [1.807, 2.05) is 0 Å². The Kier molecular flexibility index (Phi) is 4.71. The van der Waals surface area contributed by atoms with Gasteiger partial charge in [0.05, 0.1) is 5.75 Å². The number of hydrogen-bond acceptors (Lipinski definition) is 3. The molecule has 0 radical (unpaired) electrons. The second-order valence-electron chi connectivity index (χ2n) is 3.39. The molecule has 0 aromatic rings. The quantitative estimate of drug-likeness (QED) is 0.733. The molecule has 0 aliphatic carbocycles. The molecular weight excluding hydrogens is 254 g/mol. The maximum atomic E-state index is 12.4. The minimum absolute atomic E-state index is 0.599. The molecule has 0 heterocycles. The van der Waals surface area contributed by atoms with E-state index in [0.29, 0.717) is 0 Å². The van der Waals surface area contributed by atoms with Crippen LogP contribution >= 0.6 is 0 Å². The minimum Gasteiger partial charge on any atom is -0.347 e. The molecule has 4 nitrogen and oxygen atoms in total. The predicted octanol–water partition coefficient (Wildman–Crippen LogP) is 0.436. The lowest BCUT2D eigenvalue weighted by molar-refractivity contribution is -0.169. The Hall–Kier alpha value is -0.860. The molecule has 96 valence electrons. The van der Waals surface area contributed by atoms with Gasteiger partial charge in [-0.15, -0.1) is 0 Å². The normalized spacial score (nSPS) is 14.9. The van der Waals surface area contributed by atoms with E-state index >= 15 is 0 Å². The van der Waals surface area contributed by atoms with Gasteiger partial charge in [-0.1, -0.05) is 0 Å². The second-order valence-corrected chi connectivity index (χ2v) is 5.58. The lowest BCUT2D eigenvalue weighted by Crippen LogP contribution is -2.49. The van der Waals surface area contributed by atoms with E-state index in [4.69, 9.17) is 0 Å². The molecule has 0 saturated carbocycles. The van der Waals surface area contributed by atoms with Gasteiger partial charge in [-0.25, -0.2) is 17.2 Å². The van der Waals surface area contributed by atoms with Gasteiger partial charge in [-0.2, -0.15) is 8.78 Å². The van der Waals surface area contributed by atoms with Crippen LogP contribution in [0, 0.1) is 0 Å². The zero-order valence-electron chi connectivity index (χ0n) is 8.51. The van der Waals surface area contributed by atoms with Crippen LogP contribution in [-0.4, -0.2) is 44.7 Å². The van der Waals surface area contributed by atoms with Gasteiger partial charge in [-0.3, -0.25) is 4.79 Å². The summed E-state index contributed by atoms with van der Waals surface area (Å²) < 4.78 is 69.7. The molecule has 9 heteroatoms. The molecule has 0 aliphatic heterocycles. The zero-order chi connectivity index (χ0) is 13.1. The Morgan fingerprint density at radius 1 is 1.38 bits per heavy atom. The van der Waals surface area contributed by atoms with Gasteiger partial charge in [0.1, 0.15) is 9.84 Å². The first-order chi connectivity index (χ1) is 6.97. The van der Waals surface area contributed by atoms with E-state index in [1.54, 1.807) is 0 Å². The number of carbonyl (C=O) groups excluding carboxylic acids is 1. The lowest BCUT2D eigenvalue weighted by Gasteiger charge is -2.18. The van der Waals surface area contributed by atoms with Gasteiger partial charge in [0, 0.05) is 12.3 Å². The monoisotopic (exact) mass is 265 g/mol. The van der Waals surface area contributed by atoms with Crippen LogP contribution in [-0.2, 0) is 14.6 Å². The van der Waals surface area contributed by atoms with Crippen LogP contribution in [0.2, 0.25) is 0 Å². The van der Waals surface area contributed by atoms with Gasteiger partial charge < -0.3 is 5.32 Å². The Morgan fingerprint density at radius 3 is 2.12 bits per heavy atom. The van der Waals surface area contributed by atoms with Crippen molar-refractivity contribution in [2.24, 2.45) is 0 Å². The van der Waals surface area contributed by atoms with Crippen molar-refractivity contribution in [3.8, 4) is 0 Å². The number of hydrogen-bond donors (Lipinski definition) is 1. The molecule has 1 atom stereocenters. The highest BCUT2D eigenvalue weighted by Crippen LogP contribution is 2.22. The smallest absolute Gasteiger partial charge is 0.347 e. The molecule has 0 saturated heterocycles. The van der Waals surface area contributed by atoms with E-state index in [1.165, 1.54) is 5.32 Å². The molecule has 1 amide bonds. The van der Waals surface area contributed by atoms with E-state index in [0.717, 1.165) is 13.2 Å². The molecule has 0 aromatic carbocycles. The summed E-state index contributed by atoms with van der Waals surface area (Å²) >= 11 is 0. The Labute approximate surface area is 89.9 Å². The van der Waals surface area contributed by atoms with E-state index in [2.05, 4.69) is 0 Å². The van der Waals surface area contributed by atoms with Crippen LogP contribution in [0.1, 0.15) is 6.92 Å². The molecule has 0 fully saturated rings. The average molecular weight is 265 g/mol. The first-order valence-corrected chi connectivity index (χ1v) is 6.17. The maximum Gasteiger partial charge on any atom is 0.383 e. The maximum absolute atomic E-state index is 12.4. The lowest BCUT2D eigenvalue weighted by atomic mass is 10.3. The summed E-state index contributed by atoms with van der Waals surface area (Å²) in [5, 5.41) is 1.51. The highest BCUT2D eigenvalue weighted by Gasteiger charge is 2.49. The van der Waals surface area contributed by atoms with Crippen LogP contribution in [0.15, 0.2) is 0 Å². The second kappa shape index (κ2) is 4.98. The molecular formula is C7H11F4NO3S. The summed E-state index contributed by atoms with van der Waals surface area (Å²) in [5.74, 6) is -7.59. The van der Waals surface area contributed by atoms with Crippen molar-refractivity contribution >= 4 is 15.7 Å². The molecule has 1 N–H and O–H groups in total. The van der Waals surface area contributed by atoms with Gasteiger partial charge in [-0.05, 0) is 6.92 Å². The average Bonchev–Trinajstić information content (AvgIpc) is 1.99. The fourth-order valence-corrected chi connectivity index (χ4v) is 1.91. The predicted molar refractivity (Wildman–Crippen MR) is 48.3 cm³/mol. The summed E-state index contributed by atoms with van der Waals surface area (Å²) in [7, 11) is -3.48. The van der Waals surface area contributed by atoms with Crippen LogP contribution < -0.4 is 5.32 Å². The summed E-state index contributed by atoms with van der Waals surface area (Å²) in [5.41, 5.74) is 0. The molecule has 0 aromatic heterocycles. The summed E-state index contributed by atoms with van der Waals surface area (Å²) in [6, 6.07) is -1.16. The third-order valence-electron chi connectivity index (χ3n) is 1.51. The molecule has 0 aliphatic rings. The minimum atomic E-state index is -4.81. The Balaban J connectivity index is 4.47. The summed E-state index contributed by atoms with van der Waals surface area (Å²) in [4.78, 5) is 10.7. The van der Waals surface area contributed by atoms with Crippen LogP contribution in [0.25, 0.3) is 0 Å². The largest absolute Gasteiger partial charge is 0.383 e. The third-order valence-corrected chi connectivity index (χ3v) is 2.61. The van der Waals surface area contributed by atoms with Crippen molar-refractivity contribution in [2.45, 2.75) is 25.3 Å². The number of alkyl halides is 4. The summed E-state index contributed by atoms with van der Waals surface area (Å²) in [6.07, 6.45) is -3.29. The molecule has 16 heavy (non-hydrogen) atoms. The van der Waals surface area contributed by atoms with E-state index in [9.17, 15) is 30.8 Å². The number of nitrogens with one attached hydrogen (secondary N) is 1. The van der Waals surface area contributed by atoms with Gasteiger partial charge in [0.25, 0.3) is 5.91 Å². The highest BCUT2D eigenvalue weighted by atomic mass is 32.2. The van der Waals surface area contributed by atoms with Crippen molar-refractivity contribution in [1.29, 1.82) is 0 Å². The van der Waals surface area contributed by atoms with Crippen LogP contribution in [0.5, 0.6) is 0 Å². The highest BCUT2D eigenvalue weighted by molar-refractivity contribution is 7.90. The Morgan fingerprint density at radius 2 is 1.81 bits per heavy atom. The topological polar surface area (TPSA) is 63.2 Å². The van der Waals surface area contributed by atoms with Crippen molar-refractivity contribution in [1.82, 2.24) is 5.32 Å². The van der Waals surface area contributed by atoms with Gasteiger partial charge in [0.2, 0.25) is 0 Å². The van der Waals surface area contributed by atoms with Crippen LogP contribution in [0.3, 0.4) is 0 Å². The molecule has 1 unspecified atom stereocenters. The third kappa shape index (κ3) is 4.77. The van der Waals surface area contributed by atoms with Crippen molar-refractivity contribution in [3.05, 3.63) is 0 Å². The number of amides is 1. The number of rotatable bonds is 5. The van der Waals surface area contributed by atoms with Crippen molar-refractivity contribution in [2.75, 3.05) is 12.0 Å². The Bertz CT molecular complexity index is 355. The zero-order valence-corrected chi connectivity index (χ0v) is 9.32.